The van der Waals surface area contributed by atoms with E-state index in [0.717, 1.165) is 17.1 Å². The van der Waals surface area contributed by atoms with Crippen LogP contribution in [0.1, 0.15) is 15.9 Å². The lowest BCUT2D eigenvalue weighted by Gasteiger charge is -2.11. The molecule has 0 aliphatic rings. The van der Waals surface area contributed by atoms with Crippen LogP contribution in [0.25, 0.3) is 11.1 Å². The number of nitrogens with one attached hydrogen (secondary N) is 2. The van der Waals surface area contributed by atoms with Gasteiger partial charge in [-0.3, -0.25) is 9.78 Å². The second-order valence-electron chi connectivity index (χ2n) is 5.41. The van der Waals surface area contributed by atoms with Gasteiger partial charge in [0, 0.05) is 12.1 Å². The van der Waals surface area contributed by atoms with Crippen molar-refractivity contribution in [2.75, 3.05) is 20.8 Å². The number of aromatic amines is 1. The van der Waals surface area contributed by atoms with Crippen molar-refractivity contribution < 1.29 is 18.7 Å². The SMILES string of the molecule is COc1ccc(OC)c(CCNC(=O)c2ccc3[nH]c(=O)oc3c2)c1. The summed E-state index contributed by atoms with van der Waals surface area (Å²) in [5, 5.41) is 2.84. The zero-order chi connectivity index (χ0) is 17.8. The van der Waals surface area contributed by atoms with Crippen molar-refractivity contribution >= 4 is 17.0 Å². The Labute approximate surface area is 143 Å². The van der Waals surface area contributed by atoms with E-state index in [1.54, 1.807) is 26.4 Å². The van der Waals surface area contributed by atoms with E-state index in [1.807, 2.05) is 18.2 Å². The van der Waals surface area contributed by atoms with E-state index in [4.69, 9.17) is 13.9 Å². The molecule has 3 rings (SSSR count). The van der Waals surface area contributed by atoms with Crippen LogP contribution in [0.3, 0.4) is 0 Å². The minimum Gasteiger partial charge on any atom is -0.497 e. The Morgan fingerprint density at radius 1 is 1.16 bits per heavy atom. The molecule has 0 unspecified atom stereocenters. The van der Waals surface area contributed by atoms with E-state index in [1.165, 1.54) is 6.07 Å². The number of methoxy groups -OCH3 is 2. The predicted octanol–water partition coefficient (Wildman–Crippen LogP) is 2.11. The van der Waals surface area contributed by atoms with E-state index in [0.29, 0.717) is 29.6 Å². The summed E-state index contributed by atoms with van der Waals surface area (Å²) in [4.78, 5) is 26.0. The number of hydrogen-bond donors (Lipinski definition) is 2. The molecule has 0 radical (unpaired) electrons. The second-order valence-corrected chi connectivity index (χ2v) is 5.41. The molecule has 0 atom stereocenters. The van der Waals surface area contributed by atoms with Gasteiger partial charge in [0.05, 0.1) is 19.7 Å². The summed E-state index contributed by atoms with van der Waals surface area (Å²) < 4.78 is 15.5. The highest BCUT2D eigenvalue weighted by atomic mass is 16.5. The van der Waals surface area contributed by atoms with Crippen molar-refractivity contribution in [3.8, 4) is 11.5 Å². The van der Waals surface area contributed by atoms with Gasteiger partial charge in [0.25, 0.3) is 5.91 Å². The molecule has 1 heterocycles. The lowest BCUT2D eigenvalue weighted by molar-refractivity contribution is 0.0954. The first-order valence-electron chi connectivity index (χ1n) is 7.72. The molecule has 130 valence electrons. The van der Waals surface area contributed by atoms with E-state index >= 15 is 0 Å². The summed E-state index contributed by atoms with van der Waals surface area (Å²) in [5.41, 5.74) is 2.27. The minimum absolute atomic E-state index is 0.243. The van der Waals surface area contributed by atoms with Gasteiger partial charge in [0.2, 0.25) is 0 Å². The van der Waals surface area contributed by atoms with Crippen molar-refractivity contribution in [1.82, 2.24) is 10.3 Å². The first-order chi connectivity index (χ1) is 12.1. The number of benzene rings is 2. The van der Waals surface area contributed by atoms with Crippen molar-refractivity contribution in [3.05, 3.63) is 58.1 Å². The topological polar surface area (TPSA) is 93.6 Å². The van der Waals surface area contributed by atoms with Gasteiger partial charge in [-0.15, -0.1) is 0 Å². The number of amides is 1. The van der Waals surface area contributed by atoms with E-state index in [-0.39, 0.29) is 5.91 Å². The number of fused-ring (bicyclic) bond motifs is 1. The number of H-pyrrole nitrogens is 1. The van der Waals surface area contributed by atoms with Crippen LogP contribution >= 0.6 is 0 Å². The summed E-state index contributed by atoms with van der Waals surface area (Å²) >= 11 is 0. The van der Waals surface area contributed by atoms with Gasteiger partial charge in [0.15, 0.2) is 5.58 Å². The molecular formula is C18H18N2O5. The molecule has 25 heavy (non-hydrogen) atoms. The number of ether oxygens (including phenoxy) is 2. The fourth-order valence-electron chi connectivity index (χ4n) is 2.58. The third-order valence-corrected chi connectivity index (χ3v) is 3.85. The first kappa shape index (κ1) is 16.6. The number of carbonyl (C=O) groups excluding carboxylic acids is 1. The monoisotopic (exact) mass is 342 g/mol. The van der Waals surface area contributed by atoms with Crippen LogP contribution in [0.4, 0.5) is 0 Å². The van der Waals surface area contributed by atoms with Gasteiger partial charge in [-0.1, -0.05) is 0 Å². The first-order valence-corrected chi connectivity index (χ1v) is 7.72. The van der Waals surface area contributed by atoms with Crippen LogP contribution in [-0.2, 0) is 6.42 Å². The fraction of sp³-hybridized carbons (Fsp3) is 0.222. The van der Waals surface area contributed by atoms with Gasteiger partial charge in [-0.25, -0.2) is 4.79 Å². The second kappa shape index (κ2) is 7.12. The van der Waals surface area contributed by atoms with Gasteiger partial charge in [0.1, 0.15) is 11.5 Å². The average molecular weight is 342 g/mol. The number of hydrogen-bond acceptors (Lipinski definition) is 5. The molecule has 0 fully saturated rings. The van der Waals surface area contributed by atoms with Crippen molar-refractivity contribution in [2.45, 2.75) is 6.42 Å². The van der Waals surface area contributed by atoms with Gasteiger partial charge in [-0.05, 0) is 48.4 Å². The standard InChI is InChI=1S/C18H18N2O5/c1-23-13-4-6-15(24-2)11(9-13)7-8-19-17(21)12-3-5-14-16(10-12)25-18(22)20-14/h3-6,9-10H,7-8H2,1-2H3,(H,19,21)(H,20,22). The largest absolute Gasteiger partial charge is 0.497 e. The summed E-state index contributed by atoms with van der Waals surface area (Å²) in [6.07, 6.45) is 0.591. The van der Waals surface area contributed by atoms with Gasteiger partial charge < -0.3 is 19.2 Å². The maximum atomic E-state index is 12.3. The molecule has 1 amide bonds. The molecule has 3 aromatic rings. The van der Waals surface area contributed by atoms with Crippen LogP contribution < -0.4 is 20.5 Å². The molecule has 0 saturated carbocycles. The highest BCUT2D eigenvalue weighted by Crippen LogP contribution is 2.24. The predicted molar refractivity (Wildman–Crippen MR) is 92.4 cm³/mol. The Bertz CT molecular complexity index is 957. The Balaban J connectivity index is 1.66. The fourth-order valence-corrected chi connectivity index (χ4v) is 2.58. The molecule has 2 N–H and O–H groups in total. The number of carbonyl (C=O) groups is 1. The normalized spacial score (nSPS) is 10.6. The number of aromatic nitrogens is 1. The molecule has 0 spiro atoms. The minimum atomic E-state index is -0.544. The molecule has 0 aliphatic heterocycles. The molecule has 2 aromatic carbocycles. The quantitative estimate of drug-likeness (QED) is 0.716. The van der Waals surface area contributed by atoms with Crippen LogP contribution in [-0.4, -0.2) is 31.7 Å². The van der Waals surface area contributed by atoms with Gasteiger partial charge in [-0.2, -0.15) is 0 Å². The summed E-state index contributed by atoms with van der Waals surface area (Å²) in [7, 11) is 3.20. The van der Waals surface area contributed by atoms with Crippen LogP contribution in [0.5, 0.6) is 11.5 Å². The third kappa shape index (κ3) is 3.65. The molecule has 0 bridgehead atoms. The zero-order valence-corrected chi connectivity index (χ0v) is 13.9. The van der Waals surface area contributed by atoms with Crippen molar-refractivity contribution in [2.24, 2.45) is 0 Å². The molecular weight excluding hydrogens is 324 g/mol. The Morgan fingerprint density at radius 3 is 2.76 bits per heavy atom. The average Bonchev–Trinajstić information content (AvgIpc) is 3.00. The van der Waals surface area contributed by atoms with Crippen molar-refractivity contribution in [3.63, 3.8) is 0 Å². The third-order valence-electron chi connectivity index (χ3n) is 3.85. The van der Waals surface area contributed by atoms with E-state index < -0.39 is 5.76 Å². The summed E-state index contributed by atoms with van der Waals surface area (Å²) in [6.45, 7) is 0.428. The molecule has 7 nitrogen and oxygen atoms in total. The van der Waals surface area contributed by atoms with Crippen molar-refractivity contribution in [1.29, 1.82) is 0 Å². The molecule has 0 aliphatic carbocycles. The number of rotatable bonds is 6. The molecule has 7 heteroatoms. The lowest BCUT2D eigenvalue weighted by atomic mass is 10.1. The summed E-state index contributed by atoms with van der Waals surface area (Å²) in [5.74, 6) is 0.686. The highest BCUT2D eigenvalue weighted by Gasteiger charge is 2.10. The summed E-state index contributed by atoms with van der Waals surface area (Å²) in [6, 6.07) is 10.3. The smallest absolute Gasteiger partial charge is 0.417 e. The van der Waals surface area contributed by atoms with E-state index in [9.17, 15) is 9.59 Å². The lowest BCUT2D eigenvalue weighted by Crippen LogP contribution is -2.25. The molecule has 0 saturated heterocycles. The Hall–Kier alpha value is -3.22. The zero-order valence-electron chi connectivity index (χ0n) is 13.9. The van der Waals surface area contributed by atoms with E-state index in [2.05, 4.69) is 10.3 Å². The highest BCUT2D eigenvalue weighted by molar-refractivity contribution is 5.96. The molecule has 1 aromatic heterocycles. The van der Waals surface area contributed by atoms with Crippen LogP contribution in [0, 0.1) is 0 Å². The maximum absolute atomic E-state index is 12.3. The van der Waals surface area contributed by atoms with Crippen LogP contribution in [0.2, 0.25) is 0 Å². The van der Waals surface area contributed by atoms with Gasteiger partial charge >= 0.3 is 5.76 Å². The Kier molecular flexibility index (Phi) is 4.74. The number of oxazole rings is 1. The Morgan fingerprint density at radius 2 is 2.00 bits per heavy atom. The van der Waals surface area contributed by atoms with Crippen LogP contribution in [0.15, 0.2) is 45.6 Å². The maximum Gasteiger partial charge on any atom is 0.417 e.